The molecule has 118 valence electrons. The summed E-state index contributed by atoms with van der Waals surface area (Å²) >= 11 is 0. The molecule has 2 amide bonds. The Bertz CT molecular complexity index is 434. The van der Waals surface area contributed by atoms with Crippen molar-refractivity contribution in [1.82, 2.24) is 15.5 Å². The molecule has 0 aromatic rings. The number of nitrogens with zero attached hydrogens (tertiary/aromatic N) is 1. The van der Waals surface area contributed by atoms with Gasteiger partial charge in [-0.2, -0.15) is 0 Å². The van der Waals surface area contributed by atoms with E-state index in [1.54, 1.807) is 6.92 Å². The lowest BCUT2D eigenvalue weighted by atomic mass is 10.0. The van der Waals surface area contributed by atoms with Crippen molar-refractivity contribution in [2.75, 3.05) is 32.8 Å². The number of hydrogen-bond donors (Lipinski definition) is 2. The molecular weight excluding hydrogens is 270 g/mol. The van der Waals surface area contributed by atoms with E-state index in [1.807, 2.05) is 0 Å². The Labute approximate surface area is 125 Å². The average Bonchev–Trinajstić information content (AvgIpc) is 2.64. The largest absolute Gasteiger partial charge is 0.463 e. The number of carbonyl (C=O) groups excluding carboxylic acids is 2. The van der Waals surface area contributed by atoms with E-state index >= 15 is 0 Å². The van der Waals surface area contributed by atoms with E-state index in [-0.39, 0.29) is 18.5 Å². The van der Waals surface area contributed by atoms with Crippen molar-refractivity contribution in [1.29, 1.82) is 0 Å². The average molecular weight is 295 g/mol. The number of amides is 2. The number of carbonyl (C=O) groups is 2. The van der Waals surface area contributed by atoms with Gasteiger partial charge in [-0.1, -0.05) is 6.92 Å². The van der Waals surface area contributed by atoms with E-state index in [4.69, 9.17) is 4.74 Å². The van der Waals surface area contributed by atoms with Crippen LogP contribution in [0.2, 0.25) is 0 Å². The van der Waals surface area contributed by atoms with E-state index in [9.17, 15) is 9.59 Å². The summed E-state index contributed by atoms with van der Waals surface area (Å²) in [7, 11) is 0. The van der Waals surface area contributed by atoms with Crippen LogP contribution in [0.3, 0.4) is 0 Å². The number of nitrogens with one attached hydrogen (secondary N) is 2. The third kappa shape index (κ3) is 4.46. The first-order chi connectivity index (χ1) is 10.1. The Hall–Kier alpha value is -1.56. The van der Waals surface area contributed by atoms with Crippen LogP contribution >= 0.6 is 0 Å². The molecule has 0 unspecified atom stereocenters. The highest BCUT2D eigenvalue weighted by atomic mass is 16.5. The van der Waals surface area contributed by atoms with Crippen LogP contribution in [0.15, 0.2) is 11.3 Å². The van der Waals surface area contributed by atoms with E-state index in [1.165, 1.54) is 6.42 Å². The molecular formula is C15H25N3O3. The zero-order valence-corrected chi connectivity index (χ0v) is 12.9. The molecule has 0 aromatic carbocycles. The van der Waals surface area contributed by atoms with Gasteiger partial charge in [-0.05, 0) is 45.2 Å². The van der Waals surface area contributed by atoms with Crippen molar-refractivity contribution < 1.29 is 14.3 Å². The van der Waals surface area contributed by atoms with Gasteiger partial charge < -0.3 is 15.4 Å². The second-order valence-electron chi connectivity index (χ2n) is 5.80. The second kappa shape index (κ2) is 7.45. The Morgan fingerprint density at radius 2 is 2.19 bits per heavy atom. The summed E-state index contributed by atoms with van der Waals surface area (Å²) in [5, 5.41) is 5.40. The molecule has 1 atom stereocenters. The summed E-state index contributed by atoms with van der Waals surface area (Å²) in [6, 6.07) is -0.249. The van der Waals surface area contributed by atoms with Crippen molar-refractivity contribution in [2.45, 2.75) is 33.1 Å². The van der Waals surface area contributed by atoms with Crippen LogP contribution in [0.1, 0.15) is 33.1 Å². The summed E-state index contributed by atoms with van der Waals surface area (Å²) < 4.78 is 5.07. The molecule has 2 rings (SSSR count). The standard InChI is InChI=1S/C15H25N3O3/c1-3-21-14(19)12-9-16-15(20)17-13(12)10-18-7-4-5-11(2)6-8-18/h11H,3-10H2,1-2H3,(H2,16,17,20)/t11-/m0/s1. The molecule has 2 aliphatic heterocycles. The third-order valence-corrected chi connectivity index (χ3v) is 4.07. The Balaban J connectivity index is 2.08. The van der Waals surface area contributed by atoms with Crippen molar-refractivity contribution in [3.05, 3.63) is 11.3 Å². The molecule has 2 heterocycles. The molecule has 2 aliphatic rings. The van der Waals surface area contributed by atoms with Crippen molar-refractivity contribution >= 4 is 12.0 Å². The lowest BCUT2D eigenvalue weighted by Crippen LogP contribution is -2.47. The van der Waals surface area contributed by atoms with Gasteiger partial charge >= 0.3 is 12.0 Å². The second-order valence-corrected chi connectivity index (χ2v) is 5.80. The lowest BCUT2D eigenvalue weighted by molar-refractivity contribution is -0.138. The first-order valence-electron chi connectivity index (χ1n) is 7.76. The van der Waals surface area contributed by atoms with E-state index in [0.29, 0.717) is 24.4 Å². The zero-order chi connectivity index (χ0) is 15.2. The van der Waals surface area contributed by atoms with Crippen molar-refractivity contribution in [2.24, 2.45) is 5.92 Å². The third-order valence-electron chi connectivity index (χ3n) is 4.07. The Kier molecular flexibility index (Phi) is 5.61. The van der Waals surface area contributed by atoms with Gasteiger partial charge in [0.1, 0.15) is 0 Å². The molecule has 6 heteroatoms. The van der Waals surface area contributed by atoms with E-state index in [2.05, 4.69) is 22.5 Å². The number of urea groups is 1. The molecule has 1 fully saturated rings. The first-order valence-corrected chi connectivity index (χ1v) is 7.76. The van der Waals surface area contributed by atoms with Crippen molar-refractivity contribution in [3.8, 4) is 0 Å². The molecule has 6 nitrogen and oxygen atoms in total. The van der Waals surface area contributed by atoms with E-state index < -0.39 is 0 Å². The minimum Gasteiger partial charge on any atom is -0.463 e. The van der Waals surface area contributed by atoms with Crippen LogP contribution in [0.4, 0.5) is 4.79 Å². The fourth-order valence-corrected chi connectivity index (χ4v) is 2.78. The SMILES string of the molecule is CCOC(=O)C1=C(CN2CCC[C@H](C)CC2)NC(=O)NC1. The van der Waals surface area contributed by atoms with Gasteiger partial charge in [0.2, 0.25) is 0 Å². The molecule has 0 spiro atoms. The topological polar surface area (TPSA) is 70.7 Å². The molecule has 2 N–H and O–H groups in total. The van der Waals surface area contributed by atoms with Crippen molar-refractivity contribution in [3.63, 3.8) is 0 Å². The maximum absolute atomic E-state index is 12.0. The molecule has 1 saturated heterocycles. The monoisotopic (exact) mass is 295 g/mol. The predicted octanol–water partition coefficient (Wildman–Crippen LogP) is 1.24. The number of ether oxygens (including phenoxy) is 1. The van der Waals surface area contributed by atoms with Gasteiger partial charge in [-0.25, -0.2) is 9.59 Å². The van der Waals surface area contributed by atoms with Gasteiger partial charge in [0.05, 0.1) is 18.7 Å². The Morgan fingerprint density at radius 1 is 1.38 bits per heavy atom. The van der Waals surface area contributed by atoms with Gasteiger partial charge in [-0.3, -0.25) is 4.90 Å². The Morgan fingerprint density at radius 3 is 2.95 bits per heavy atom. The minimum absolute atomic E-state index is 0.240. The summed E-state index contributed by atoms with van der Waals surface area (Å²) in [6.45, 7) is 7.25. The van der Waals surface area contributed by atoms with Crippen LogP contribution in [0.25, 0.3) is 0 Å². The quantitative estimate of drug-likeness (QED) is 0.766. The van der Waals surface area contributed by atoms with Crippen LogP contribution in [-0.2, 0) is 9.53 Å². The summed E-state index contributed by atoms with van der Waals surface area (Å²) in [4.78, 5) is 25.8. The summed E-state index contributed by atoms with van der Waals surface area (Å²) in [6.07, 6.45) is 3.57. The smallest absolute Gasteiger partial charge is 0.337 e. The molecule has 0 aromatic heterocycles. The van der Waals surface area contributed by atoms with Gasteiger partial charge in [-0.15, -0.1) is 0 Å². The lowest BCUT2D eigenvalue weighted by Gasteiger charge is -2.26. The summed E-state index contributed by atoms with van der Waals surface area (Å²) in [5.74, 6) is 0.402. The van der Waals surface area contributed by atoms with E-state index in [0.717, 1.165) is 31.8 Å². The van der Waals surface area contributed by atoms with Crippen LogP contribution in [0.5, 0.6) is 0 Å². The number of esters is 1. The molecule has 21 heavy (non-hydrogen) atoms. The molecule has 0 saturated carbocycles. The molecule has 0 bridgehead atoms. The highest BCUT2D eigenvalue weighted by Gasteiger charge is 2.25. The predicted molar refractivity (Wildman–Crippen MR) is 79.6 cm³/mol. The number of rotatable bonds is 4. The van der Waals surface area contributed by atoms with Gasteiger partial charge in [0.15, 0.2) is 0 Å². The summed E-state index contributed by atoms with van der Waals surface area (Å²) in [5.41, 5.74) is 1.22. The fraction of sp³-hybridized carbons (Fsp3) is 0.733. The van der Waals surface area contributed by atoms with Gasteiger partial charge in [0.25, 0.3) is 0 Å². The first kappa shape index (κ1) is 15.8. The minimum atomic E-state index is -0.344. The highest BCUT2D eigenvalue weighted by Crippen LogP contribution is 2.18. The highest BCUT2D eigenvalue weighted by molar-refractivity contribution is 5.93. The van der Waals surface area contributed by atoms with Crippen LogP contribution in [-0.4, -0.2) is 49.7 Å². The number of likely N-dealkylation sites (tertiary alicyclic amines) is 1. The fourth-order valence-electron chi connectivity index (χ4n) is 2.78. The number of hydrogen-bond acceptors (Lipinski definition) is 4. The zero-order valence-electron chi connectivity index (χ0n) is 12.9. The van der Waals surface area contributed by atoms with Crippen LogP contribution in [0, 0.1) is 5.92 Å². The normalized spacial score (nSPS) is 24.1. The molecule has 0 radical (unpaired) electrons. The maximum atomic E-state index is 12.0. The van der Waals surface area contributed by atoms with Crippen LogP contribution < -0.4 is 10.6 Å². The van der Waals surface area contributed by atoms with Gasteiger partial charge in [0, 0.05) is 12.2 Å². The molecule has 0 aliphatic carbocycles. The maximum Gasteiger partial charge on any atom is 0.337 e.